The molecule has 1 aromatic heterocycles. The summed E-state index contributed by atoms with van der Waals surface area (Å²) in [5.41, 5.74) is 6.16. The summed E-state index contributed by atoms with van der Waals surface area (Å²) < 4.78 is 0. The lowest BCUT2D eigenvalue weighted by Gasteiger charge is -2.18. The molecule has 2 aromatic rings. The number of amides is 1. The molecule has 2 N–H and O–H groups in total. The van der Waals surface area contributed by atoms with E-state index < -0.39 is 0 Å². The zero-order valence-electron chi connectivity index (χ0n) is 23.9. The molecular formula is C31H51N3O. The summed E-state index contributed by atoms with van der Waals surface area (Å²) in [5.74, 6) is 1.03. The van der Waals surface area contributed by atoms with Gasteiger partial charge in [0.1, 0.15) is 0 Å². The van der Waals surface area contributed by atoms with Crippen molar-refractivity contribution >= 4 is 11.6 Å². The van der Waals surface area contributed by atoms with E-state index in [9.17, 15) is 4.79 Å². The predicted molar refractivity (Wildman–Crippen MR) is 154 cm³/mol. The van der Waals surface area contributed by atoms with Crippen LogP contribution >= 0.6 is 0 Å². The van der Waals surface area contributed by atoms with Crippen molar-refractivity contribution in [3.8, 4) is 0 Å². The highest BCUT2D eigenvalue weighted by atomic mass is 16.1. The lowest BCUT2D eigenvalue weighted by Crippen LogP contribution is -2.37. The van der Waals surface area contributed by atoms with Crippen LogP contribution in [-0.4, -0.2) is 22.6 Å². The molecule has 35 heavy (non-hydrogen) atoms. The monoisotopic (exact) mass is 481 g/mol. The first-order chi connectivity index (χ1) is 16.6. The fourth-order valence-electron chi connectivity index (χ4n) is 3.64. The van der Waals surface area contributed by atoms with Gasteiger partial charge in [-0.15, -0.1) is 0 Å². The van der Waals surface area contributed by atoms with E-state index in [0.717, 1.165) is 36.2 Å². The number of nitrogens with zero attached hydrogens (tertiary/aromatic N) is 1. The van der Waals surface area contributed by atoms with Crippen LogP contribution in [0.5, 0.6) is 0 Å². The number of aryl methyl sites for hydroxylation is 2. The molecule has 2 rings (SSSR count). The van der Waals surface area contributed by atoms with Crippen molar-refractivity contribution in [3.05, 3.63) is 71.7 Å². The molecule has 0 saturated heterocycles. The fourth-order valence-corrected chi connectivity index (χ4v) is 3.64. The average Bonchev–Trinajstić information content (AvgIpc) is 3.28. The summed E-state index contributed by atoms with van der Waals surface area (Å²) in [6.45, 7) is 22.5. The maximum absolute atomic E-state index is 11.6. The van der Waals surface area contributed by atoms with Gasteiger partial charge in [0.2, 0.25) is 5.91 Å². The fraction of sp³-hybridized carbons (Fsp3) is 0.548. The lowest BCUT2D eigenvalue weighted by atomic mass is 9.99. The van der Waals surface area contributed by atoms with Crippen molar-refractivity contribution in [2.24, 2.45) is 10.9 Å². The molecule has 2 unspecified atom stereocenters. The standard InChI is InChI=1S/C12H25NO.C10H14.C9H12N2/c1-5-8-9-11(7-3)13-12(14)10(4)6-2;1-8(2)10-7-5-4-6-9(10)3;1-4-10-7(2)9-5-6-11-8(9)3/h10-11H,5-9H2,1-4H3,(H,13,14);4-8H,1-3H3;4-6,11H,1H2,2-3H3. The zero-order chi connectivity index (χ0) is 26.8. The van der Waals surface area contributed by atoms with E-state index in [1.165, 1.54) is 24.0 Å². The number of rotatable bonds is 10. The molecule has 1 aromatic carbocycles. The predicted octanol–water partition coefficient (Wildman–Crippen LogP) is 8.51. The van der Waals surface area contributed by atoms with Crippen LogP contribution in [0.4, 0.5) is 0 Å². The first-order valence-corrected chi connectivity index (χ1v) is 13.3. The van der Waals surface area contributed by atoms with Crippen molar-refractivity contribution in [1.82, 2.24) is 10.3 Å². The quantitative estimate of drug-likeness (QED) is 0.328. The van der Waals surface area contributed by atoms with Gasteiger partial charge in [0.05, 0.1) is 0 Å². The van der Waals surface area contributed by atoms with Crippen LogP contribution in [0.1, 0.15) is 109 Å². The maximum atomic E-state index is 11.6. The topological polar surface area (TPSA) is 57.2 Å². The second kappa shape index (κ2) is 18.7. The Labute approximate surface area is 215 Å². The number of aliphatic imine (C=N–C) groups is 1. The second-order valence-corrected chi connectivity index (χ2v) is 9.49. The van der Waals surface area contributed by atoms with Gasteiger partial charge in [-0.1, -0.05) is 85.2 Å². The number of nitrogens with one attached hydrogen (secondary N) is 2. The van der Waals surface area contributed by atoms with Gasteiger partial charge in [-0.3, -0.25) is 9.79 Å². The van der Waals surface area contributed by atoms with Gasteiger partial charge in [-0.25, -0.2) is 0 Å². The average molecular weight is 482 g/mol. The molecule has 0 saturated carbocycles. The first kappa shape index (κ1) is 32.4. The van der Waals surface area contributed by atoms with Gasteiger partial charge in [0.15, 0.2) is 0 Å². The lowest BCUT2D eigenvalue weighted by molar-refractivity contribution is -0.125. The van der Waals surface area contributed by atoms with Crippen LogP contribution in [0.15, 0.2) is 54.3 Å². The summed E-state index contributed by atoms with van der Waals surface area (Å²) in [6, 6.07) is 10.9. The maximum Gasteiger partial charge on any atom is 0.223 e. The number of carbonyl (C=O) groups excluding carboxylic acids is 1. The Hall–Kier alpha value is -2.62. The minimum atomic E-state index is 0.158. The van der Waals surface area contributed by atoms with E-state index in [2.05, 4.69) is 87.7 Å². The Bertz CT molecular complexity index is 879. The minimum absolute atomic E-state index is 0.158. The van der Waals surface area contributed by atoms with Crippen molar-refractivity contribution in [2.45, 2.75) is 106 Å². The third-order valence-electron chi connectivity index (χ3n) is 6.24. The van der Waals surface area contributed by atoms with Crippen LogP contribution in [-0.2, 0) is 4.79 Å². The molecule has 0 radical (unpaired) electrons. The minimum Gasteiger partial charge on any atom is -0.365 e. The largest absolute Gasteiger partial charge is 0.365 e. The van der Waals surface area contributed by atoms with Gasteiger partial charge in [0, 0.05) is 41.3 Å². The van der Waals surface area contributed by atoms with E-state index >= 15 is 0 Å². The zero-order valence-corrected chi connectivity index (χ0v) is 23.9. The van der Waals surface area contributed by atoms with E-state index in [4.69, 9.17) is 0 Å². The van der Waals surface area contributed by atoms with Gasteiger partial charge < -0.3 is 10.3 Å². The van der Waals surface area contributed by atoms with Crippen molar-refractivity contribution in [1.29, 1.82) is 0 Å². The number of H-pyrrole nitrogens is 1. The molecular weight excluding hydrogens is 430 g/mol. The number of unbranched alkanes of at least 4 members (excludes halogenated alkanes) is 1. The summed E-state index contributed by atoms with van der Waals surface area (Å²) in [6.07, 6.45) is 8.97. The van der Waals surface area contributed by atoms with Crippen LogP contribution < -0.4 is 5.32 Å². The molecule has 0 aliphatic heterocycles. The van der Waals surface area contributed by atoms with Gasteiger partial charge in [-0.2, -0.15) is 0 Å². The van der Waals surface area contributed by atoms with E-state index in [1.54, 1.807) is 6.20 Å². The number of benzene rings is 1. The summed E-state index contributed by atoms with van der Waals surface area (Å²) in [5, 5.41) is 3.11. The summed E-state index contributed by atoms with van der Waals surface area (Å²) in [4.78, 5) is 18.8. The van der Waals surface area contributed by atoms with Crippen LogP contribution in [0.2, 0.25) is 0 Å². The van der Waals surface area contributed by atoms with Crippen molar-refractivity contribution in [2.75, 3.05) is 0 Å². The smallest absolute Gasteiger partial charge is 0.223 e. The Kier molecular flexibility index (Phi) is 17.3. The highest BCUT2D eigenvalue weighted by Gasteiger charge is 2.14. The molecule has 196 valence electrons. The van der Waals surface area contributed by atoms with E-state index in [0.29, 0.717) is 12.0 Å². The number of carbonyl (C=O) groups is 1. The third-order valence-corrected chi connectivity index (χ3v) is 6.24. The molecule has 0 aliphatic rings. The van der Waals surface area contributed by atoms with Crippen LogP contribution in [0, 0.1) is 19.8 Å². The molecule has 0 fully saturated rings. The Morgan fingerprint density at radius 1 is 1.09 bits per heavy atom. The second-order valence-electron chi connectivity index (χ2n) is 9.49. The molecule has 0 aliphatic carbocycles. The molecule has 1 heterocycles. The molecule has 4 nitrogen and oxygen atoms in total. The normalized spacial score (nSPS) is 12.6. The van der Waals surface area contributed by atoms with Gasteiger partial charge >= 0.3 is 0 Å². The van der Waals surface area contributed by atoms with Gasteiger partial charge in [-0.05, 0) is 63.1 Å². The Balaban J connectivity index is 0.000000502. The Morgan fingerprint density at radius 2 is 1.74 bits per heavy atom. The molecule has 0 bridgehead atoms. The van der Waals surface area contributed by atoms with Crippen molar-refractivity contribution in [3.63, 3.8) is 0 Å². The molecule has 2 atom stereocenters. The Morgan fingerprint density at radius 3 is 2.17 bits per heavy atom. The highest BCUT2D eigenvalue weighted by Crippen LogP contribution is 2.17. The molecule has 0 spiro atoms. The number of aromatic nitrogens is 1. The van der Waals surface area contributed by atoms with Gasteiger partial charge in [0.25, 0.3) is 0 Å². The molecule has 1 amide bonds. The highest BCUT2D eigenvalue weighted by molar-refractivity contribution is 6.00. The number of aromatic amines is 1. The third kappa shape index (κ3) is 13.2. The van der Waals surface area contributed by atoms with Crippen molar-refractivity contribution < 1.29 is 4.79 Å². The number of hydrogen-bond acceptors (Lipinski definition) is 2. The van der Waals surface area contributed by atoms with E-state index in [1.807, 2.05) is 33.0 Å². The first-order valence-electron chi connectivity index (χ1n) is 13.3. The summed E-state index contributed by atoms with van der Waals surface area (Å²) >= 11 is 0. The van der Waals surface area contributed by atoms with E-state index in [-0.39, 0.29) is 11.8 Å². The SMILES string of the molecule is C=CN=C(C)c1cc[nH]c1C.CCCCC(CC)NC(=O)C(C)CC.Cc1ccccc1C(C)C. The molecule has 4 heteroatoms. The number of hydrogen-bond donors (Lipinski definition) is 2. The van der Waals surface area contributed by atoms with Crippen LogP contribution in [0.25, 0.3) is 0 Å². The van der Waals surface area contributed by atoms with Crippen LogP contribution in [0.3, 0.4) is 0 Å². The summed E-state index contributed by atoms with van der Waals surface area (Å²) in [7, 11) is 0.